The summed E-state index contributed by atoms with van der Waals surface area (Å²) < 4.78 is 0. The van der Waals surface area contributed by atoms with Crippen LogP contribution in [0.3, 0.4) is 0 Å². The van der Waals surface area contributed by atoms with Gasteiger partial charge in [-0.05, 0) is 42.2 Å². The smallest absolute Gasteiger partial charge is 0.256 e. The Morgan fingerprint density at radius 1 is 1.12 bits per heavy atom. The second-order valence-corrected chi connectivity index (χ2v) is 10.4. The third kappa shape index (κ3) is 3.65. The van der Waals surface area contributed by atoms with E-state index in [9.17, 15) is 9.59 Å². The van der Waals surface area contributed by atoms with E-state index >= 15 is 0 Å². The summed E-state index contributed by atoms with van der Waals surface area (Å²) in [5.74, 6) is -0.0350. The number of anilines is 1. The third-order valence-corrected chi connectivity index (χ3v) is 5.76. The van der Waals surface area contributed by atoms with E-state index in [4.69, 9.17) is 0 Å². The van der Waals surface area contributed by atoms with Gasteiger partial charge in [0.05, 0.1) is 11.3 Å². The number of hydrogen-bond acceptors (Lipinski definition) is 2. The van der Waals surface area contributed by atoms with Crippen LogP contribution in [0.4, 0.5) is 5.69 Å². The average Bonchev–Trinajstić information content (AvgIpc) is 2.75. The van der Waals surface area contributed by atoms with Gasteiger partial charge >= 0.3 is 0 Å². The molecule has 2 fully saturated rings. The van der Waals surface area contributed by atoms with Crippen molar-refractivity contribution in [3.8, 4) is 0 Å². The zero-order valence-electron chi connectivity index (χ0n) is 17.0. The van der Waals surface area contributed by atoms with Crippen LogP contribution in [0.1, 0.15) is 71.2 Å². The summed E-state index contributed by atoms with van der Waals surface area (Å²) in [4.78, 5) is 27.8. The lowest BCUT2D eigenvalue weighted by Gasteiger charge is -2.39. The number of carbonyl (C=O) groups excluding carboxylic acids is 2. The molecule has 3 rings (SSSR count). The molecule has 4 heteroatoms. The van der Waals surface area contributed by atoms with Crippen LogP contribution in [0, 0.1) is 16.2 Å². The molecule has 1 aromatic carbocycles. The Morgan fingerprint density at radius 3 is 2.42 bits per heavy atom. The fourth-order valence-corrected chi connectivity index (χ4v) is 4.94. The Labute approximate surface area is 157 Å². The van der Waals surface area contributed by atoms with Crippen LogP contribution in [0.15, 0.2) is 24.3 Å². The molecule has 1 saturated heterocycles. The molecule has 1 aromatic rings. The van der Waals surface area contributed by atoms with Gasteiger partial charge in [-0.25, -0.2) is 0 Å². The van der Waals surface area contributed by atoms with Crippen molar-refractivity contribution in [1.29, 1.82) is 0 Å². The summed E-state index contributed by atoms with van der Waals surface area (Å²) in [6.07, 6.45) is 3.28. The highest BCUT2D eigenvalue weighted by atomic mass is 16.2. The number of nitrogens with zero attached hydrogens (tertiary/aromatic N) is 1. The van der Waals surface area contributed by atoms with Crippen LogP contribution in [0.25, 0.3) is 0 Å². The highest BCUT2D eigenvalue weighted by molar-refractivity contribution is 6.05. The van der Waals surface area contributed by atoms with Gasteiger partial charge in [0.2, 0.25) is 5.91 Å². The second kappa shape index (κ2) is 6.11. The zero-order chi connectivity index (χ0) is 19.3. The predicted molar refractivity (Wildman–Crippen MR) is 105 cm³/mol. The molecule has 0 aromatic heterocycles. The number of hydrogen-bond donors (Lipinski definition) is 1. The molecule has 26 heavy (non-hydrogen) atoms. The van der Waals surface area contributed by atoms with Gasteiger partial charge in [0.25, 0.3) is 5.91 Å². The lowest BCUT2D eigenvalue weighted by Crippen LogP contribution is -2.38. The van der Waals surface area contributed by atoms with Gasteiger partial charge in [-0.15, -0.1) is 0 Å². The number of rotatable bonds is 2. The van der Waals surface area contributed by atoms with Crippen molar-refractivity contribution in [3.05, 3.63) is 29.8 Å². The molecule has 142 valence electrons. The largest absolute Gasteiger partial charge is 0.335 e. The molecule has 2 bridgehead atoms. The molecule has 1 heterocycles. The van der Waals surface area contributed by atoms with Crippen molar-refractivity contribution in [2.75, 3.05) is 11.9 Å². The van der Waals surface area contributed by atoms with E-state index in [0.717, 1.165) is 25.8 Å². The van der Waals surface area contributed by atoms with E-state index < -0.39 is 5.41 Å². The van der Waals surface area contributed by atoms with Crippen LogP contribution in [-0.4, -0.2) is 29.3 Å². The van der Waals surface area contributed by atoms with Crippen molar-refractivity contribution >= 4 is 17.5 Å². The van der Waals surface area contributed by atoms with Crippen LogP contribution >= 0.6 is 0 Å². The second-order valence-electron chi connectivity index (χ2n) is 10.4. The lowest BCUT2D eigenvalue weighted by molar-refractivity contribution is -0.123. The first-order valence-corrected chi connectivity index (χ1v) is 9.62. The molecule has 2 aliphatic rings. The maximum Gasteiger partial charge on any atom is 0.256 e. The van der Waals surface area contributed by atoms with Gasteiger partial charge in [0.15, 0.2) is 0 Å². The molecule has 4 nitrogen and oxygen atoms in total. The summed E-state index contributed by atoms with van der Waals surface area (Å²) in [6.45, 7) is 13.4. The fourth-order valence-electron chi connectivity index (χ4n) is 4.94. The van der Waals surface area contributed by atoms with Gasteiger partial charge in [0, 0.05) is 18.0 Å². The monoisotopic (exact) mass is 356 g/mol. The first-order valence-electron chi connectivity index (χ1n) is 9.62. The first kappa shape index (κ1) is 18.9. The summed E-state index contributed by atoms with van der Waals surface area (Å²) in [5.41, 5.74) is 1.18. The number of nitrogens with one attached hydrogen (secondary N) is 1. The molecule has 1 N–H and O–H groups in total. The van der Waals surface area contributed by atoms with Crippen LogP contribution < -0.4 is 5.32 Å². The Bertz CT molecular complexity index is 732. The number of benzene rings is 1. The van der Waals surface area contributed by atoms with E-state index in [1.807, 2.05) is 45.0 Å². The van der Waals surface area contributed by atoms with Gasteiger partial charge in [-0.2, -0.15) is 0 Å². The molecule has 1 saturated carbocycles. The number of para-hydroxylation sites is 1. The van der Waals surface area contributed by atoms with E-state index in [2.05, 4.69) is 31.0 Å². The molecular formula is C22H32N2O2. The molecule has 1 aliphatic heterocycles. The van der Waals surface area contributed by atoms with E-state index in [1.54, 1.807) is 0 Å². The standard InChI is InChI=1S/C22H32N2O2/c1-20(2,3)19(26)23-17-10-8-7-9-16(17)18(25)24-14-22(6)12-15(24)11-21(4,5)13-22/h7-10,15H,11-14H2,1-6H3,(H,23,26). The molecule has 2 atom stereocenters. The third-order valence-electron chi connectivity index (χ3n) is 5.76. The number of fused-ring (bicyclic) bond motifs is 2. The number of carbonyl (C=O) groups is 2. The van der Waals surface area contributed by atoms with Crippen molar-refractivity contribution in [3.63, 3.8) is 0 Å². The normalized spacial score (nSPS) is 27.3. The van der Waals surface area contributed by atoms with Crippen molar-refractivity contribution in [1.82, 2.24) is 4.90 Å². The van der Waals surface area contributed by atoms with Crippen molar-refractivity contribution in [2.24, 2.45) is 16.2 Å². The van der Waals surface area contributed by atoms with Crippen molar-refractivity contribution in [2.45, 2.75) is 66.8 Å². The number of likely N-dealkylation sites (tertiary alicyclic amines) is 1. The minimum Gasteiger partial charge on any atom is -0.335 e. The fraction of sp³-hybridized carbons (Fsp3) is 0.636. The van der Waals surface area contributed by atoms with E-state index in [0.29, 0.717) is 17.3 Å². The Morgan fingerprint density at radius 2 is 1.77 bits per heavy atom. The zero-order valence-corrected chi connectivity index (χ0v) is 17.0. The highest BCUT2D eigenvalue weighted by Gasteiger charge is 2.51. The van der Waals surface area contributed by atoms with E-state index in [-0.39, 0.29) is 22.6 Å². The number of amides is 2. The summed E-state index contributed by atoms with van der Waals surface area (Å²) in [5, 5.41) is 2.95. The minimum atomic E-state index is -0.502. The molecular weight excluding hydrogens is 324 g/mol. The summed E-state index contributed by atoms with van der Waals surface area (Å²) in [6, 6.07) is 7.68. The van der Waals surface area contributed by atoms with Crippen LogP contribution in [0.5, 0.6) is 0 Å². The van der Waals surface area contributed by atoms with Gasteiger partial charge in [-0.3, -0.25) is 9.59 Å². The maximum absolute atomic E-state index is 13.4. The predicted octanol–water partition coefficient (Wildman–Crippen LogP) is 4.71. The molecule has 0 spiro atoms. The first-order chi connectivity index (χ1) is 11.9. The molecule has 0 radical (unpaired) electrons. The van der Waals surface area contributed by atoms with Gasteiger partial charge < -0.3 is 10.2 Å². The summed E-state index contributed by atoms with van der Waals surface area (Å²) in [7, 11) is 0. The SMILES string of the molecule is CC1(C)CC2CC(C)(CN2C(=O)c2ccccc2NC(=O)C(C)(C)C)C1. The highest BCUT2D eigenvalue weighted by Crippen LogP contribution is 2.52. The van der Waals surface area contributed by atoms with E-state index in [1.165, 1.54) is 0 Å². The Balaban J connectivity index is 1.87. The van der Waals surface area contributed by atoms with Crippen molar-refractivity contribution < 1.29 is 9.59 Å². The molecule has 1 aliphatic carbocycles. The lowest BCUT2D eigenvalue weighted by atomic mass is 9.65. The van der Waals surface area contributed by atoms with Gasteiger partial charge in [-0.1, -0.05) is 53.7 Å². The van der Waals surface area contributed by atoms with Gasteiger partial charge in [0.1, 0.15) is 0 Å². The Kier molecular flexibility index (Phi) is 4.45. The average molecular weight is 357 g/mol. The van der Waals surface area contributed by atoms with Crippen LogP contribution in [-0.2, 0) is 4.79 Å². The quantitative estimate of drug-likeness (QED) is 0.834. The maximum atomic E-state index is 13.4. The van der Waals surface area contributed by atoms with Crippen LogP contribution in [0.2, 0.25) is 0 Å². The Hall–Kier alpha value is -1.84. The topological polar surface area (TPSA) is 49.4 Å². The minimum absolute atomic E-state index is 0.0428. The summed E-state index contributed by atoms with van der Waals surface area (Å²) >= 11 is 0. The molecule has 2 unspecified atom stereocenters. The molecule has 2 amide bonds.